The minimum Gasteiger partial charge on any atom is -0.466 e. The fraction of sp³-hybridized carbons (Fsp3) is 0.381. The molecule has 3 aliphatic heterocycles. The average molecular weight is 334 g/mol. The number of fused-ring (bicyclic) bond motifs is 1. The van der Waals surface area contributed by atoms with Gasteiger partial charge in [-0.15, -0.1) is 0 Å². The second kappa shape index (κ2) is 5.09. The van der Waals surface area contributed by atoms with Crippen molar-refractivity contribution in [3.05, 3.63) is 64.4 Å². The number of anilines is 1. The van der Waals surface area contributed by atoms with E-state index in [1.807, 2.05) is 0 Å². The van der Waals surface area contributed by atoms with Crippen LogP contribution in [0.15, 0.2) is 58.8 Å². The predicted octanol–water partition coefficient (Wildman–Crippen LogP) is 3.14. The molecule has 1 aromatic carbocycles. The van der Waals surface area contributed by atoms with Gasteiger partial charge in [0, 0.05) is 36.9 Å². The molecule has 3 heterocycles. The van der Waals surface area contributed by atoms with Gasteiger partial charge in [0.15, 0.2) is 0 Å². The summed E-state index contributed by atoms with van der Waals surface area (Å²) in [5, 5.41) is 3.60. The molecule has 1 N–H and O–H groups in total. The summed E-state index contributed by atoms with van der Waals surface area (Å²) < 4.78 is 5.16. The van der Waals surface area contributed by atoms with Gasteiger partial charge in [0.2, 0.25) is 0 Å². The van der Waals surface area contributed by atoms with Crippen LogP contribution < -0.4 is 5.32 Å². The highest BCUT2D eigenvalue weighted by atomic mass is 16.5. The first-order valence-corrected chi connectivity index (χ1v) is 8.95. The summed E-state index contributed by atoms with van der Waals surface area (Å²) in [6.07, 6.45) is 6.17. The molecule has 4 aliphatic rings. The Balaban J connectivity index is 1.84. The van der Waals surface area contributed by atoms with E-state index in [4.69, 9.17) is 4.74 Å². The molecule has 0 radical (unpaired) electrons. The van der Waals surface area contributed by atoms with Crippen molar-refractivity contribution in [2.75, 3.05) is 25.5 Å². The molecule has 25 heavy (non-hydrogen) atoms. The Hall–Kier alpha value is -2.33. The number of nitrogens with one attached hydrogen (secondary N) is 1. The Morgan fingerprint density at radius 3 is 3.04 bits per heavy atom. The number of hydrogen-bond donors (Lipinski definition) is 1. The quantitative estimate of drug-likeness (QED) is 0.801. The summed E-state index contributed by atoms with van der Waals surface area (Å²) in [5.41, 5.74) is 6.84. The molecular formula is C21H22N2O2. The smallest absolute Gasteiger partial charge is 0.335 e. The van der Waals surface area contributed by atoms with Crippen molar-refractivity contribution >= 4 is 11.7 Å². The van der Waals surface area contributed by atoms with Crippen molar-refractivity contribution in [1.29, 1.82) is 0 Å². The second-order valence-corrected chi connectivity index (χ2v) is 7.42. The van der Waals surface area contributed by atoms with Crippen LogP contribution in [0.5, 0.6) is 0 Å². The van der Waals surface area contributed by atoms with E-state index in [2.05, 4.69) is 53.6 Å². The maximum Gasteiger partial charge on any atom is 0.335 e. The third kappa shape index (κ3) is 1.78. The number of ether oxygens (including phenoxy) is 1. The predicted molar refractivity (Wildman–Crippen MR) is 97.2 cm³/mol. The van der Waals surface area contributed by atoms with E-state index in [0.29, 0.717) is 12.5 Å². The van der Waals surface area contributed by atoms with Crippen LogP contribution >= 0.6 is 0 Å². The highest BCUT2D eigenvalue weighted by Crippen LogP contribution is 2.59. The van der Waals surface area contributed by atoms with Gasteiger partial charge in [-0.1, -0.05) is 35.9 Å². The van der Waals surface area contributed by atoms with Gasteiger partial charge in [-0.3, -0.25) is 4.90 Å². The summed E-state index contributed by atoms with van der Waals surface area (Å²) in [7, 11) is 1.48. The Labute approximate surface area is 147 Å². The van der Waals surface area contributed by atoms with Crippen molar-refractivity contribution in [3.8, 4) is 0 Å². The van der Waals surface area contributed by atoms with E-state index >= 15 is 0 Å². The molecule has 2 unspecified atom stereocenters. The molecule has 4 heteroatoms. The molecule has 0 bridgehead atoms. The van der Waals surface area contributed by atoms with E-state index in [-0.39, 0.29) is 11.4 Å². The normalized spacial score (nSPS) is 29.8. The summed E-state index contributed by atoms with van der Waals surface area (Å²) in [4.78, 5) is 15.2. The number of rotatable bonds is 1. The summed E-state index contributed by atoms with van der Waals surface area (Å²) in [5.74, 6) is -0.208. The van der Waals surface area contributed by atoms with Crippen molar-refractivity contribution in [1.82, 2.24) is 4.90 Å². The van der Waals surface area contributed by atoms with E-state index in [0.717, 1.165) is 36.5 Å². The zero-order valence-electron chi connectivity index (χ0n) is 14.6. The van der Waals surface area contributed by atoms with Crippen LogP contribution in [0.3, 0.4) is 0 Å². The van der Waals surface area contributed by atoms with Gasteiger partial charge in [-0.2, -0.15) is 0 Å². The number of methoxy groups -OCH3 is 1. The number of carbonyl (C=O) groups is 1. The fourth-order valence-electron chi connectivity index (χ4n) is 5.36. The van der Waals surface area contributed by atoms with Crippen LogP contribution in [0.1, 0.15) is 25.3 Å². The first-order chi connectivity index (χ1) is 12.2. The minimum absolute atomic E-state index is 0.152. The van der Waals surface area contributed by atoms with E-state index < -0.39 is 0 Å². The average Bonchev–Trinajstić information content (AvgIpc) is 3.12. The van der Waals surface area contributed by atoms with Crippen LogP contribution in [-0.2, 0) is 14.9 Å². The lowest BCUT2D eigenvalue weighted by Gasteiger charge is -2.42. The van der Waals surface area contributed by atoms with Gasteiger partial charge in [0.05, 0.1) is 18.1 Å². The van der Waals surface area contributed by atoms with Gasteiger partial charge >= 0.3 is 5.97 Å². The van der Waals surface area contributed by atoms with Crippen molar-refractivity contribution in [2.45, 2.75) is 31.2 Å². The maximum absolute atomic E-state index is 12.6. The van der Waals surface area contributed by atoms with Gasteiger partial charge in [-0.05, 0) is 30.5 Å². The van der Waals surface area contributed by atoms with Crippen LogP contribution in [-0.4, -0.2) is 37.1 Å². The third-order valence-electron chi connectivity index (χ3n) is 6.38. The lowest BCUT2D eigenvalue weighted by Crippen LogP contribution is -2.48. The molecular weight excluding hydrogens is 312 g/mol. The number of hydrogen-bond acceptors (Lipinski definition) is 4. The molecule has 128 valence electrons. The monoisotopic (exact) mass is 334 g/mol. The van der Waals surface area contributed by atoms with E-state index in [9.17, 15) is 4.79 Å². The third-order valence-corrected chi connectivity index (χ3v) is 6.38. The van der Waals surface area contributed by atoms with E-state index in [1.54, 1.807) is 0 Å². The molecule has 1 aromatic rings. The highest BCUT2D eigenvalue weighted by Gasteiger charge is 2.59. The largest absolute Gasteiger partial charge is 0.466 e. The van der Waals surface area contributed by atoms with Gasteiger partial charge in [0.1, 0.15) is 0 Å². The zero-order valence-corrected chi connectivity index (χ0v) is 14.6. The Kier molecular flexibility index (Phi) is 3.04. The highest BCUT2D eigenvalue weighted by molar-refractivity contribution is 5.94. The first kappa shape index (κ1) is 15.0. The molecule has 1 aliphatic carbocycles. The Bertz CT molecular complexity index is 880. The molecule has 0 saturated carbocycles. The first-order valence-electron chi connectivity index (χ1n) is 8.95. The second-order valence-electron chi connectivity index (χ2n) is 7.42. The zero-order chi connectivity index (χ0) is 17.2. The molecule has 1 fully saturated rings. The summed E-state index contributed by atoms with van der Waals surface area (Å²) in [6, 6.07) is 8.84. The standard InChI is InChI=1S/C21H22N2O2/c1-13-6-5-10-23-11-9-21-16-7-3-4-8-17(16)22-18(21)15(20(24)25-2)12-14(13)19(21)23/h3-8,19,22H,9-12H2,1-2H3. The SMILES string of the molecule is COC(=O)C1=C2Nc3ccccc3C23CCN2CC=CC(C)=C(C1)C23. The molecule has 1 saturated heterocycles. The molecule has 5 rings (SSSR count). The van der Waals surface area contributed by atoms with Crippen LogP contribution in [0, 0.1) is 0 Å². The number of esters is 1. The summed E-state index contributed by atoms with van der Waals surface area (Å²) >= 11 is 0. The fourth-order valence-corrected chi connectivity index (χ4v) is 5.36. The lowest BCUT2D eigenvalue weighted by molar-refractivity contribution is -0.136. The van der Waals surface area contributed by atoms with Crippen LogP contribution in [0.4, 0.5) is 5.69 Å². The van der Waals surface area contributed by atoms with E-state index in [1.165, 1.54) is 23.8 Å². The molecule has 4 nitrogen and oxygen atoms in total. The number of carbonyl (C=O) groups excluding carboxylic acids is 1. The number of benzene rings is 1. The van der Waals surface area contributed by atoms with Crippen molar-refractivity contribution < 1.29 is 9.53 Å². The lowest BCUT2D eigenvalue weighted by atomic mass is 9.65. The van der Waals surface area contributed by atoms with Crippen LogP contribution in [0.25, 0.3) is 0 Å². The topological polar surface area (TPSA) is 41.6 Å². The Morgan fingerprint density at radius 2 is 2.20 bits per heavy atom. The number of allylic oxidation sites excluding steroid dienone is 2. The van der Waals surface area contributed by atoms with Crippen LogP contribution in [0.2, 0.25) is 0 Å². The number of para-hydroxylation sites is 1. The van der Waals surface area contributed by atoms with Crippen molar-refractivity contribution in [3.63, 3.8) is 0 Å². The molecule has 0 aromatic heterocycles. The number of nitrogens with zero attached hydrogens (tertiary/aromatic N) is 1. The maximum atomic E-state index is 12.6. The Morgan fingerprint density at radius 1 is 1.36 bits per heavy atom. The molecule has 2 atom stereocenters. The molecule has 1 spiro atoms. The molecule has 0 amide bonds. The van der Waals surface area contributed by atoms with Gasteiger partial charge in [-0.25, -0.2) is 4.79 Å². The van der Waals surface area contributed by atoms with Crippen molar-refractivity contribution in [2.24, 2.45) is 0 Å². The minimum atomic E-state index is -0.208. The summed E-state index contributed by atoms with van der Waals surface area (Å²) in [6.45, 7) is 4.19. The van der Waals surface area contributed by atoms with Gasteiger partial charge < -0.3 is 10.1 Å². The van der Waals surface area contributed by atoms with Gasteiger partial charge in [0.25, 0.3) is 0 Å².